The van der Waals surface area contributed by atoms with Gasteiger partial charge in [-0.1, -0.05) is 4.68 Å². The van der Waals surface area contributed by atoms with Crippen LogP contribution >= 0.6 is 11.9 Å². The minimum absolute atomic E-state index is 0.0367. The van der Waals surface area contributed by atoms with Gasteiger partial charge in [0.2, 0.25) is 0 Å². The van der Waals surface area contributed by atoms with E-state index < -0.39 is 22.1 Å². The molecule has 1 N–H and O–H groups in total. The summed E-state index contributed by atoms with van der Waals surface area (Å²) in [6.45, 7) is 4.83. The Labute approximate surface area is 135 Å². The average molecular weight is 344 g/mol. The van der Waals surface area contributed by atoms with E-state index in [-0.39, 0.29) is 23.0 Å². The van der Waals surface area contributed by atoms with Gasteiger partial charge in [0.25, 0.3) is 0 Å². The van der Waals surface area contributed by atoms with Crippen LogP contribution in [0.4, 0.5) is 5.95 Å². The minimum atomic E-state index is -1.05. The van der Waals surface area contributed by atoms with Crippen LogP contribution < -0.4 is 11.1 Å². The molecule has 0 aromatic carbocycles. The first-order valence-corrected chi connectivity index (χ1v) is 7.68. The summed E-state index contributed by atoms with van der Waals surface area (Å²) in [6.07, 6.45) is 3.23. The van der Waals surface area contributed by atoms with Gasteiger partial charge in [-0.25, -0.2) is 14.6 Å². The predicted molar refractivity (Wildman–Crippen MR) is 82.5 cm³/mol. The lowest BCUT2D eigenvalue weighted by molar-refractivity contribution is -0.559. The second-order valence-electron chi connectivity index (χ2n) is 5.62. The molecule has 0 saturated carbocycles. The molecule has 0 radical (unpaired) electrons. The Morgan fingerprint density at radius 1 is 1.52 bits per heavy atom. The maximum atomic E-state index is 11.9. The van der Waals surface area contributed by atoms with Gasteiger partial charge in [0, 0.05) is 6.26 Å². The van der Waals surface area contributed by atoms with Crippen LogP contribution in [0.25, 0.3) is 5.70 Å². The summed E-state index contributed by atoms with van der Waals surface area (Å²) in [5.41, 5.74) is 1.17. The monoisotopic (exact) mass is 344 g/mol. The van der Waals surface area contributed by atoms with Gasteiger partial charge >= 0.3 is 17.6 Å². The SMILES string of the molecule is CSN1C=C(COC(=O)C(C)(C)C)n2c(nc(=O)n2[N+](=O)[O-])N1. The third kappa shape index (κ3) is 3.31. The van der Waals surface area contributed by atoms with Crippen LogP contribution in [0, 0.1) is 15.5 Å². The number of aromatic nitrogens is 3. The lowest BCUT2D eigenvalue weighted by atomic mass is 9.97. The predicted octanol–water partition coefficient (Wildman–Crippen LogP) is 0.393. The number of hydrogen-bond donors (Lipinski definition) is 1. The van der Waals surface area contributed by atoms with Crippen molar-refractivity contribution in [1.29, 1.82) is 0 Å². The largest absolute Gasteiger partial charge is 0.456 e. The van der Waals surface area contributed by atoms with Gasteiger partial charge < -0.3 is 14.9 Å². The number of ether oxygens (including phenoxy) is 1. The van der Waals surface area contributed by atoms with E-state index in [1.54, 1.807) is 27.0 Å². The second-order valence-corrected chi connectivity index (χ2v) is 6.38. The number of nitrogens with one attached hydrogen (secondary N) is 1. The topological polar surface area (TPSA) is 125 Å². The quantitative estimate of drug-likeness (QED) is 0.357. The average Bonchev–Trinajstić information content (AvgIpc) is 2.78. The van der Waals surface area contributed by atoms with Crippen LogP contribution in [-0.4, -0.2) is 42.7 Å². The summed E-state index contributed by atoms with van der Waals surface area (Å²) in [5.74, 6) is -0.505. The molecule has 23 heavy (non-hydrogen) atoms. The molecule has 1 aliphatic rings. The van der Waals surface area contributed by atoms with Crippen LogP contribution in [0.3, 0.4) is 0 Å². The van der Waals surface area contributed by atoms with Crippen molar-refractivity contribution in [1.82, 2.24) is 18.9 Å². The molecule has 2 rings (SSSR count). The summed E-state index contributed by atoms with van der Waals surface area (Å²) in [4.78, 5) is 38.5. The summed E-state index contributed by atoms with van der Waals surface area (Å²) in [5, 5.41) is 10.2. The zero-order valence-corrected chi connectivity index (χ0v) is 13.8. The van der Waals surface area contributed by atoms with Crippen molar-refractivity contribution in [2.24, 2.45) is 5.41 Å². The molecule has 0 amide bonds. The Hall–Kier alpha value is -2.50. The fourth-order valence-corrected chi connectivity index (χ4v) is 2.10. The molecule has 0 saturated heterocycles. The van der Waals surface area contributed by atoms with E-state index in [1.165, 1.54) is 22.6 Å². The van der Waals surface area contributed by atoms with Crippen molar-refractivity contribution >= 4 is 29.6 Å². The number of carbonyl (C=O) groups is 1. The molecule has 2 heterocycles. The molecule has 12 heteroatoms. The third-order valence-corrected chi connectivity index (χ3v) is 3.42. The first kappa shape index (κ1) is 16.9. The first-order valence-electron chi connectivity index (χ1n) is 6.50. The number of anilines is 1. The van der Waals surface area contributed by atoms with Crippen LogP contribution in [-0.2, 0) is 9.53 Å². The number of esters is 1. The Morgan fingerprint density at radius 3 is 2.70 bits per heavy atom. The smallest absolute Gasteiger partial charge is 0.429 e. The van der Waals surface area contributed by atoms with E-state index >= 15 is 0 Å². The highest BCUT2D eigenvalue weighted by atomic mass is 32.2. The van der Waals surface area contributed by atoms with Crippen LogP contribution in [0.1, 0.15) is 20.8 Å². The molecule has 126 valence electrons. The number of nitro groups is 1. The number of nitrogens with zero attached hydrogens (tertiary/aromatic N) is 5. The van der Waals surface area contributed by atoms with Crippen molar-refractivity contribution in [2.45, 2.75) is 20.8 Å². The van der Waals surface area contributed by atoms with E-state index in [4.69, 9.17) is 4.74 Å². The first-order chi connectivity index (χ1) is 10.6. The van der Waals surface area contributed by atoms with Gasteiger partial charge in [0.1, 0.15) is 0 Å². The lowest BCUT2D eigenvalue weighted by Crippen LogP contribution is -2.34. The molecular formula is C11H16N6O5S. The zero-order valence-electron chi connectivity index (χ0n) is 13.0. The summed E-state index contributed by atoms with van der Waals surface area (Å²) in [6, 6.07) is 0. The number of carbonyl (C=O) groups excluding carboxylic acids is 1. The van der Waals surface area contributed by atoms with Crippen molar-refractivity contribution in [3.8, 4) is 0 Å². The minimum Gasteiger partial charge on any atom is -0.456 e. The van der Waals surface area contributed by atoms with Gasteiger partial charge in [-0.15, -0.1) is 4.98 Å². The zero-order chi connectivity index (χ0) is 17.4. The summed E-state index contributed by atoms with van der Waals surface area (Å²) < 4.78 is 7.64. The Morgan fingerprint density at radius 2 is 2.17 bits per heavy atom. The molecular weight excluding hydrogens is 328 g/mol. The maximum absolute atomic E-state index is 11.9. The molecule has 1 aromatic rings. The molecule has 0 bridgehead atoms. The summed E-state index contributed by atoms with van der Waals surface area (Å²) >= 11 is 1.25. The van der Waals surface area contributed by atoms with E-state index in [2.05, 4.69) is 10.4 Å². The number of fused-ring (bicyclic) bond motifs is 1. The molecule has 0 aliphatic carbocycles. The van der Waals surface area contributed by atoms with E-state index in [9.17, 15) is 19.7 Å². The standard InChI is InChI=1S/C11H16N6O5S/c1-11(2,3)8(18)22-6-7-5-14(23-4)13-9-12-10(19)16(15(7)9)17(20)21/h5H,6H2,1-4H3,(H,12,13,19). The van der Waals surface area contributed by atoms with Crippen LogP contribution in [0.5, 0.6) is 0 Å². The molecule has 0 spiro atoms. The fourth-order valence-electron chi connectivity index (χ4n) is 1.70. The van der Waals surface area contributed by atoms with Gasteiger partial charge in [-0.3, -0.25) is 4.79 Å². The Balaban J connectivity index is 2.38. The molecule has 11 nitrogen and oxygen atoms in total. The van der Waals surface area contributed by atoms with Crippen LogP contribution in [0.2, 0.25) is 0 Å². The van der Waals surface area contributed by atoms with E-state index in [0.29, 0.717) is 0 Å². The number of hydrazine groups is 1. The van der Waals surface area contributed by atoms with Crippen molar-refractivity contribution in [3.05, 3.63) is 26.8 Å². The van der Waals surface area contributed by atoms with Gasteiger partial charge in [0.05, 0.1) is 21.4 Å². The summed E-state index contributed by atoms with van der Waals surface area (Å²) in [7, 11) is 0. The molecule has 1 aromatic heterocycles. The van der Waals surface area contributed by atoms with Crippen molar-refractivity contribution in [3.63, 3.8) is 0 Å². The molecule has 0 fully saturated rings. The van der Waals surface area contributed by atoms with Crippen LogP contribution in [0.15, 0.2) is 11.0 Å². The van der Waals surface area contributed by atoms with E-state index in [1.807, 2.05) is 0 Å². The second kappa shape index (κ2) is 5.95. The Bertz CT molecular complexity index is 730. The van der Waals surface area contributed by atoms with Gasteiger partial charge in [0.15, 0.2) is 12.3 Å². The fraction of sp³-hybridized carbons (Fsp3) is 0.545. The normalized spacial score (nSPS) is 13.9. The van der Waals surface area contributed by atoms with Gasteiger partial charge in [-0.2, -0.15) is 0 Å². The highest BCUT2D eigenvalue weighted by Crippen LogP contribution is 2.23. The molecule has 0 atom stereocenters. The highest BCUT2D eigenvalue weighted by Gasteiger charge is 2.33. The number of rotatable bonds is 4. The molecule has 0 unspecified atom stereocenters. The number of hydrogen-bond acceptors (Lipinski definition) is 9. The Kier molecular flexibility index (Phi) is 4.36. The van der Waals surface area contributed by atoms with Crippen molar-refractivity contribution < 1.29 is 14.6 Å². The lowest BCUT2D eigenvalue weighted by Gasteiger charge is -2.23. The molecule has 1 aliphatic heterocycles. The third-order valence-electron chi connectivity index (χ3n) is 2.83. The highest BCUT2D eigenvalue weighted by molar-refractivity contribution is 7.96. The van der Waals surface area contributed by atoms with Gasteiger partial charge in [-0.05, 0) is 32.7 Å². The van der Waals surface area contributed by atoms with Crippen molar-refractivity contribution in [2.75, 3.05) is 18.3 Å². The maximum Gasteiger partial charge on any atom is 0.429 e. The van der Waals surface area contributed by atoms with E-state index in [0.717, 1.165) is 4.68 Å².